The first-order valence-electron chi connectivity index (χ1n) is 16.1. The lowest BCUT2D eigenvalue weighted by Gasteiger charge is -2.40. The first-order chi connectivity index (χ1) is 19.8. The number of nitrogens with one attached hydrogen (secondary N) is 1. The molecule has 9 heteroatoms. The number of unbranched alkanes of at least 4 members (excludes halogenated alkanes) is 12. The molecule has 0 radical (unpaired) electrons. The van der Waals surface area contributed by atoms with Crippen molar-refractivity contribution in [2.24, 2.45) is 0 Å². The van der Waals surface area contributed by atoms with E-state index in [9.17, 15) is 30.3 Å². The van der Waals surface area contributed by atoms with Crippen molar-refractivity contribution in [1.29, 1.82) is 0 Å². The number of carbonyl (C=O) groups is 1. The SMILES string of the molecule is CCC/C=C/CC/C=C/C(O)C(COC1OC(CO)C(O)C(O)C1O)NC(=O)CCCCCCCCCCCCC. The monoisotopic (exact) mass is 585 g/mol. The van der Waals surface area contributed by atoms with Crippen LogP contribution in [0.3, 0.4) is 0 Å². The van der Waals surface area contributed by atoms with E-state index >= 15 is 0 Å². The summed E-state index contributed by atoms with van der Waals surface area (Å²) in [7, 11) is 0. The van der Waals surface area contributed by atoms with E-state index in [4.69, 9.17) is 9.47 Å². The highest BCUT2D eigenvalue weighted by atomic mass is 16.7. The summed E-state index contributed by atoms with van der Waals surface area (Å²) in [4.78, 5) is 12.7. The fourth-order valence-electron chi connectivity index (χ4n) is 4.82. The van der Waals surface area contributed by atoms with E-state index in [-0.39, 0.29) is 12.5 Å². The third kappa shape index (κ3) is 16.8. The fourth-order valence-corrected chi connectivity index (χ4v) is 4.82. The fraction of sp³-hybridized carbons (Fsp3) is 0.844. The number of ether oxygens (including phenoxy) is 2. The summed E-state index contributed by atoms with van der Waals surface area (Å²) in [6.45, 7) is 3.59. The van der Waals surface area contributed by atoms with Crippen LogP contribution in [0.2, 0.25) is 0 Å². The second-order valence-electron chi connectivity index (χ2n) is 11.2. The molecule has 0 aliphatic carbocycles. The molecule has 1 aliphatic heterocycles. The van der Waals surface area contributed by atoms with Crippen LogP contribution in [0.15, 0.2) is 24.3 Å². The molecule has 1 rings (SSSR count). The Labute approximate surface area is 248 Å². The van der Waals surface area contributed by atoms with Crippen molar-refractivity contribution in [3.8, 4) is 0 Å². The van der Waals surface area contributed by atoms with Gasteiger partial charge in [0, 0.05) is 6.42 Å². The molecule has 1 heterocycles. The average Bonchev–Trinajstić information content (AvgIpc) is 2.97. The average molecular weight is 586 g/mol. The minimum Gasteiger partial charge on any atom is -0.394 e. The largest absolute Gasteiger partial charge is 0.394 e. The van der Waals surface area contributed by atoms with Crippen LogP contribution in [0.5, 0.6) is 0 Å². The Balaban J connectivity index is 2.54. The molecule has 0 aromatic carbocycles. The van der Waals surface area contributed by atoms with Crippen molar-refractivity contribution in [3.63, 3.8) is 0 Å². The first kappa shape index (κ1) is 37.7. The highest BCUT2D eigenvalue weighted by molar-refractivity contribution is 5.76. The summed E-state index contributed by atoms with van der Waals surface area (Å²) in [5, 5.41) is 53.4. The van der Waals surface area contributed by atoms with Crippen LogP contribution in [0.25, 0.3) is 0 Å². The van der Waals surface area contributed by atoms with Crippen molar-refractivity contribution in [1.82, 2.24) is 5.32 Å². The highest BCUT2D eigenvalue weighted by Gasteiger charge is 2.44. The lowest BCUT2D eigenvalue weighted by atomic mass is 9.99. The summed E-state index contributed by atoms with van der Waals surface area (Å²) >= 11 is 0. The smallest absolute Gasteiger partial charge is 0.220 e. The second-order valence-corrected chi connectivity index (χ2v) is 11.2. The number of carbonyl (C=O) groups excluding carboxylic acids is 1. The molecule has 240 valence electrons. The Morgan fingerprint density at radius 3 is 2.00 bits per heavy atom. The summed E-state index contributed by atoms with van der Waals surface area (Å²) in [5.74, 6) is -0.196. The Morgan fingerprint density at radius 2 is 1.39 bits per heavy atom. The second kappa shape index (κ2) is 24.1. The van der Waals surface area contributed by atoms with Crippen molar-refractivity contribution < 1.29 is 39.8 Å². The summed E-state index contributed by atoms with van der Waals surface area (Å²) in [5.41, 5.74) is 0. The number of hydrogen-bond donors (Lipinski definition) is 6. The van der Waals surface area contributed by atoms with Crippen LogP contribution in [-0.4, -0.2) is 87.5 Å². The van der Waals surface area contributed by atoms with E-state index in [1.54, 1.807) is 6.08 Å². The van der Waals surface area contributed by atoms with Gasteiger partial charge in [0.25, 0.3) is 0 Å². The third-order valence-corrected chi connectivity index (χ3v) is 7.51. The van der Waals surface area contributed by atoms with E-state index in [0.29, 0.717) is 6.42 Å². The number of allylic oxidation sites excluding steroid dienone is 3. The molecule has 0 saturated carbocycles. The number of aliphatic hydroxyl groups is 5. The summed E-state index contributed by atoms with van der Waals surface area (Å²) in [6, 6.07) is -0.811. The van der Waals surface area contributed by atoms with Crippen LogP contribution < -0.4 is 5.32 Å². The molecule has 41 heavy (non-hydrogen) atoms. The lowest BCUT2D eigenvalue weighted by Crippen LogP contribution is -2.60. The van der Waals surface area contributed by atoms with Gasteiger partial charge in [-0.25, -0.2) is 0 Å². The van der Waals surface area contributed by atoms with Gasteiger partial charge in [0.2, 0.25) is 5.91 Å². The predicted molar refractivity (Wildman–Crippen MR) is 161 cm³/mol. The van der Waals surface area contributed by atoms with E-state index in [1.165, 1.54) is 51.4 Å². The quantitative estimate of drug-likeness (QED) is 0.0734. The van der Waals surface area contributed by atoms with Crippen LogP contribution in [0, 0.1) is 0 Å². The van der Waals surface area contributed by atoms with Gasteiger partial charge < -0.3 is 40.3 Å². The van der Waals surface area contributed by atoms with E-state index in [0.717, 1.165) is 44.9 Å². The highest BCUT2D eigenvalue weighted by Crippen LogP contribution is 2.22. The van der Waals surface area contributed by atoms with Crippen molar-refractivity contribution in [2.75, 3.05) is 13.2 Å². The Hall–Kier alpha value is -1.33. The molecular weight excluding hydrogens is 526 g/mol. The van der Waals surface area contributed by atoms with Crippen molar-refractivity contribution in [3.05, 3.63) is 24.3 Å². The number of hydrogen-bond acceptors (Lipinski definition) is 8. The first-order valence-corrected chi connectivity index (χ1v) is 16.1. The molecule has 1 fully saturated rings. The summed E-state index contributed by atoms with van der Waals surface area (Å²) < 4.78 is 11.0. The maximum Gasteiger partial charge on any atom is 0.220 e. The molecule has 1 saturated heterocycles. The van der Waals surface area contributed by atoms with Gasteiger partial charge in [-0.05, 0) is 25.7 Å². The molecule has 7 atom stereocenters. The Morgan fingerprint density at radius 1 is 0.805 bits per heavy atom. The Bertz CT molecular complexity index is 701. The zero-order valence-electron chi connectivity index (χ0n) is 25.5. The van der Waals surface area contributed by atoms with Gasteiger partial charge in [0.15, 0.2) is 6.29 Å². The van der Waals surface area contributed by atoms with Crippen LogP contribution in [0.1, 0.15) is 117 Å². The minimum absolute atomic E-state index is 0.196. The molecule has 6 N–H and O–H groups in total. The maximum atomic E-state index is 12.7. The maximum absolute atomic E-state index is 12.7. The zero-order valence-corrected chi connectivity index (χ0v) is 25.5. The van der Waals surface area contributed by atoms with Gasteiger partial charge >= 0.3 is 0 Å². The number of aliphatic hydroxyl groups excluding tert-OH is 5. The van der Waals surface area contributed by atoms with Gasteiger partial charge in [0.05, 0.1) is 25.4 Å². The molecule has 0 bridgehead atoms. The molecule has 1 amide bonds. The van der Waals surface area contributed by atoms with Gasteiger partial charge in [-0.1, -0.05) is 109 Å². The standard InChI is InChI=1S/C32H59NO8/c1-3-5-7-9-11-12-13-14-16-18-20-22-28(36)33-25(26(35)21-19-17-15-10-8-6-4-2)24-40-32-31(39)30(38)29(37)27(23-34)41-32/h8,10,19,21,25-27,29-32,34-35,37-39H,3-7,9,11-18,20,22-24H2,1-2H3,(H,33,36)/b10-8+,21-19+. The van der Waals surface area contributed by atoms with Crippen LogP contribution in [0.4, 0.5) is 0 Å². The van der Waals surface area contributed by atoms with Gasteiger partial charge in [-0.15, -0.1) is 0 Å². The number of rotatable bonds is 24. The predicted octanol–water partition coefficient (Wildman–Crippen LogP) is 4.04. The van der Waals surface area contributed by atoms with Crippen molar-refractivity contribution in [2.45, 2.75) is 159 Å². The molecular formula is C32H59NO8. The van der Waals surface area contributed by atoms with E-state index in [2.05, 4.69) is 31.3 Å². The van der Waals surface area contributed by atoms with Gasteiger partial charge in [-0.3, -0.25) is 4.79 Å². The molecule has 7 unspecified atom stereocenters. The van der Waals surface area contributed by atoms with Crippen molar-refractivity contribution >= 4 is 5.91 Å². The zero-order chi connectivity index (χ0) is 30.3. The molecule has 0 aromatic heterocycles. The summed E-state index contributed by atoms with van der Waals surface area (Å²) in [6.07, 6.45) is 16.8. The lowest BCUT2D eigenvalue weighted by molar-refractivity contribution is -0.302. The topological polar surface area (TPSA) is 149 Å². The molecule has 9 nitrogen and oxygen atoms in total. The van der Waals surface area contributed by atoms with E-state index in [1.807, 2.05) is 6.08 Å². The molecule has 0 aromatic rings. The molecule has 1 aliphatic rings. The van der Waals surface area contributed by atoms with Crippen LogP contribution in [-0.2, 0) is 14.3 Å². The minimum atomic E-state index is -1.56. The normalized spacial score (nSPS) is 24.7. The van der Waals surface area contributed by atoms with Crippen LogP contribution >= 0.6 is 0 Å². The molecule has 0 spiro atoms. The van der Waals surface area contributed by atoms with E-state index < -0.39 is 49.5 Å². The van der Waals surface area contributed by atoms with Gasteiger partial charge in [-0.2, -0.15) is 0 Å². The number of amides is 1. The third-order valence-electron chi connectivity index (χ3n) is 7.51. The Kier molecular flexibility index (Phi) is 22.2. The van der Waals surface area contributed by atoms with Gasteiger partial charge in [0.1, 0.15) is 24.4 Å².